The van der Waals surface area contributed by atoms with Crippen LogP contribution in [-0.4, -0.2) is 42.2 Å². The predicted molar refractivity (Wildman–Crippen MR) is 123 cm³/mol. The molecule has 0 radical (unpaired) electrons. The second-order valence-electron chi connectivity index (χ2n) is 8.77. The maximum absolute atomic E-state index is 12.6. The van der Waals surface area contributed by atoms with Crippen LogP contribution in [0.15, 0.2) is 47.0 Å². The third-order valence-electron chi connectivity index (χ3n) is 5.36. The fraction of sp³-hybridized carbons (Fsp3) is 0.400. The van der Waals surface area contributed by atoms with Gasteiger partial charge in [0.2, 0.25) is 17.6 Å². The minimum Gasteiger partial charge on any atom is -0.497 e. The first kappa shape index (κ1) is 23.3. The number of carbonyl (C=O) groups excluding carboxylic acids is 1. The molecule has 7 heteroatoms. The summed E-state index contributed by atoms with van der Waals surface area (Å²) in [4.78, 5) is 18.6. The van der Waals surface area contributed by atoms with Gasteiger partial charge in [0.1, 0.15) is 11.5 Å². The normalized spacial score (nSPS) is 11.3. The lowest BCUT2D eigenvalue weighted by Gasteiger charge is -2.19. The summed E-state index contributed by atoms with van der Waals surface area (Å²) in [7, 11) is 4.90. The van der Waals surface area contributed by atoms with E-state index in [1.165, 1.54) is 5.56 Å². The molecule has 0 atom stereocenters. The van der Waals surface area contributed by atoms with Gasteiger partial charge < -0.3 is 18.9 Å². The lowest BCUT2D eigenvalue weighted by Crippen LogP contribution is -2.26. The minimum atomic E-state index is 0.0201. The van der Waals surface area contributed by atoms with Crippen molar-refractivity contribution >= 4 is 5.91 Å². The average molecular weight is 438 g/mol. The number of nitrogens with zero attached hydrogens (tertiary/aromatic N) is 3. The zero-order valence-corrected chi connectivity index (χ0v) is 19.6. The van der Waals surface area contributed by atoms with Crippen molar-refractivity contribution < 1.29 is 18.8 Å². The number of rotatable bonds is 8. The van der Waals surface area contributed by atoms with E-state index in [0.717, 1.165) is 5.56 Å². The predicted octanol–water partition coefficient (Wildman–Crippen LogP) is 4.64. The van der Waals surface area contributed by atoms with Gasteiger partial charge in [-0.2, -0.15) is 4.98 Å². The van der Waals surface area contributed by atoms with Crippen molar-refractivity contribution in [1.29, 1.82) is 0 Å². The molecule has 0 aliphatic heterocycles. The molecule has 0 saturated carbocycles. The fourth-order valence-electron chi connectivity index (χ4n) is 3.32. The first-order valence-electron chi connectivity index (χ1n) is 10.6. The van der Waals surface area contributed by atoms with Crippen LogP contribution in [-0.2, 0) is 23.2 Å². The van der Waals surface area contributed by atoms with Crippen molar-refractivity contribution in [1.82, 2.24) is 15.0 Å². The lowest BCUT2D eigenvalue weighted by molar-refractivity contribution is -0.130. The van der Waals surface area contributed by atoms with E-state index in [1.54, 1.807) is 38.3 Å². The van der Waals surface area contributed by atoms with Crippen LogP contribution < -0.4 is 9.47 Å². The molecule has 0 saturated heterocycles. The Morgan fingerprint density at radius 2 is 1.78 bits per heavy atom. The molecule has 0 unspecified atom stereocenters. The Morgan fingerprint density at radius 3 is 2.41 bits per heavy atom. The molecule has 3 rings (SSSR count). The van der Waals surface area contributed by atoms with Crippen LogP contribution in [0.1, 0.15) is 44.2 Å². The van der Waals surface area contributed by atoms with E-state index < -0.39 is 0 Å². The Labute approximate surface area is 189 Å². The topological polar surface area (TPSA) is 77.7 Å². The number of amides is 1. The van der Waals surface area contributed by atoms with Crippen molar-refractivity contribution in [3.63, 3.8) is 0 Å². The molecule has 32 heavy (non-hydrogen) atoms. The number of hydrogen-bond acceptors (Lipinski definition) is 6. The van der Waals surface area contributed by atoms with Crippen LogP contribution >= 0.6 is 0 Å². The van der Waals surface area contributed by atoms with Crippen LogP contribution in [0, 0.1) is 0 Å². The van der Waals surface area contributed by atoms with Crippen LogP contribution in [0.5, 0.6) is 11.5 Å². The molecule has 2 aromatic carbocycles. The van der Waals surface area contributed by atoms with E-state index in [-0.39, 0.29) is 17.9 Å². The minimum absolute atomic E-state index is 0.0201. The van der Waals surface area contributed by atoms with Crippen molar-refractivity contribution in [2.75, 3.05) is 21.3 Å². The van der Waals surface area contributed by atoms with Gasteiger partial charge in [-0.05, 0) is 35.1 Å². The van der Waals surface area contributed by atoms with E-state index in [4.69, 9.17) is 14.0 Å². The van der Waals surface area contributed by atoms with Gasteiger partial charge in [0, 0.05) is 19.5 Å². The molecular weight excluding hydrogens is 406 g/mol. The van der Waals surface area contributed by atoms with Crippen molar-refractivity contribution in [3.05, 3.63) is 59.5 Å². The maximum atomic E-state index is 12.6. The second-order valence-corrected chi connectivity index (χ2v) is 8.77. The van der Waals surface area contributed by atoms with Crippen LogP contribution in [0.2, 0.25) is 0 Å². The zero-order valence-electron chi connectivity index (χ0n) is 19.6. The highest BCUT2D eigenvalue weighted by atomic mass is 16.5. The highest BCUT2D eigenvalue weighted by Gasteiger charge is 2.18. The van der Waals surface area contributed by atoms with Gasteiger partial charge in [0.15, 0.2) is 0 Å². The first-order chi connectivity index (χ1) is 15.2. The third-order valence-corrected chi connectivity index (χ3v) is 5.36. The van der Waals surface area contributed by atoms with E-state index in [1.807, 2.05) is 6.07 Å². The number of methoxy groups -OCH3 is 2. The molecule has 0 bridgehead atoms. The molecule has 170 valence electrons. The summed E-state index contributed by atoms with van der Waals surface area (Å²) in [6.45, 7) is 6.81. The van der Waals surface area contributed by atoms with Gasteiger partial charge in [-0.25, -0.2) is 0 Å². The lowest BCUT2D eigenvalue weighted by atomic mass is 9.86. The Hall–Kier alpha value is -3.35. The van der Waals surface area contributed by atoms with Crippen LogP contribution in [0.25, 0.3) is 11.4 Å². The third kappa shape index (κ3) is 5.66. The fourth-order valence-corrected chi connectivity index (χ4v) is 3.32. The molecule has 7 nitrogen and oxygen atoms in total. The van der Waals surface area contributed by atoms with Crippen molar-refractivity contribution in [2.24, 2.45) is 0 Å². The van der Waals surface area contributed by atoms with Gasteiger partial charge in [0.05, 0.1) is 26.3 Å². The van der Waals surface area contributed by atoms with E-state index in [9.17, 15) is 4.79 Å². The standard InChI is InChI=1S/C25H31N3O4/c1-25(2,3)18-10-7-17(8-11-18)9-14-23(29)28(4)16-22-26-24(27-32-22)20-13-12-19(30-5)15-21(20)31-6/h7-8,10-13,15H,9,14,16H2,1-6H3. The summed E-state index contributed by atoms with van der Waals surface area (Å²) in [5, 5.41) is 4.04. The van der Waals surface area contributed by atoms with Crippen molar-refractivity contribution in [3.8, 4) is 22.9 Å². The van der Waals surface area contributed by atoms with Gasteiger partial charge in [0.25, 0.3) is 0 Å². The Morgan fingerprint density at radius 1 is 1.06 bits per heavy atom. The van der Waals surface area contributed by atoms with Gasteiger partial charge >= 0.3 is 0 Å². The van der Waals surface area contributed by atoms with Gasteiger partial charge in [-0.3, -0.25) is 4.79 Å². The zero-order chi connectivity index (χ0) is 23.3. The monoisotopic (exact) mass is 437 g/mol. The van der Waals surface area contributed by atoms with E-state index in [0.29, 0.717) is 41.6 Å². The molecule has 0 aliphatic carbocycles. The first-order valence-corrected chi connectivity index (χ1v) is 10.6. The molecule has 0 fully saturated rings. The molecule has 1 amide bonds. The summed E-state index contributed by atoms with van der Waals surface area (Å²) < 4.78 is 16.0. The molecule has 1 aromatic heterocycles. The highest BCUT2D eigenvalue weighted by Crippen LogP contribution is 2.31. The quantitative estimate of drug-likeness (QED) is 0.511. The number of aryl methyl sites for hydroxylation is 1. The summed E-state index contributed by atoms with van der Waals surface area (Å²) in [5.41, 5.74) is 3.24. The van der Waals surface area contributed by atoms with Crippen molar-refractivity contribution in [2.45, 2.75) is 45.6 Å². The highest BCUT2D eigenvalue weighted by molar-refractivity contribution is 5.76. The van der Waals surface area contributed by atoms with Gasteiger partial charge in [-0.15, -0.1) is 0 Å². The van der Waals surface area contributed by atoms with E-state index in [2.05, 4.69) is 55.2 Å². The largest absolute Gasteiger partial charge is 0.497 e. The second kappa shape index (κ2) is 9.85. The molecule has 0 spiro atoms. The molecule has 0 aliphatic rings. The number of carbonyl (C=O) groups is 1. The summed E-state index contributed by atoms with van der Waals surface area (Å²) >= 11 is 0. The van der Waals surface area contributed by atoms with Gasteiger partial charge in [-0.1, -0.05) is 50.2 Å². The van der Waals surface area contributed by atoms with E-state index >= 15 is 0 Å². The molecular formula is C25H31N3O4. The number of hydrogen-bond donors (Lipinski definition) is 0. The Bertz CT molecular complexity index is 1050. The number of aromatic nitrogens is 2. The summed E-state index contributed by atoms with van der Waals surface area (Å²) in [6.07, 6.45) is 1.10. The molecule has 0 N–H and O–H groups in total. The number of ether oxygens (including phenoxy) is 2. The smallest absolute Gasteiger partial charge is 0.246 e. The van der Waals surface area contributed by atoms with Crippen LogP contribution in [0.3, 0.4) is 0 Å². The average Bonchev–Trinajstić information content (AvgIpc) is 3.24. The summed E-state index contributed by atoms with van der Waals surface area (Å²) in [6, 6.07) is 13.8. The molecule has 1 heterocycles. The SMILES string of the molecule is COc1ccc(-c2noc(CN(C)C(=O)CCc3ccc(C(C)(C)C)cc3)n2)c(OC)c1. The summed E-state index contributed by atoms with van der Waals surface area (Å²) in [5.74, 6) is 2.04. The Kier molecular flexibility index (Phi) is 7.18. The molecule has 3 aromatic rings. The Balaban J connectivity index is 1.59. The number of benzene rings is 2. The maximum Gasteiger partial charge on any atom is 0.246 e. The van der Waals surface area contributed by atoms with Crippen LogP contribution in [0.4, 0.5) is 0 Å².